The summed E-state index contributed by atoms with van der Waals surface area (Å²) >= 11 is 8.91. The van der Waals surface area contributed by atoms with Crippen molar-refractivity contribution in [3.05, 3.63) is 29.3 Å². The normalized spacial score (nSPS) is 14.0. The van der Waals surface area contributed by atoms with Gasteiger partial charge in [0.05, 0.1) is 11.8 Å². The molecule has 0 bridgehead atoms. The minimum atomic E-state index is -0.00273. The van der Waals surface area contributed by atoms with Crippen LogP contribution in [0.1, 0.15) is 18.9 Å². The van der Waals surface area contributed by atoms with E-state index in [0.29, 0.717) is 18.3 Å². The van der Waals surface area contributed by atoms with E-state index in [1.807, 2.05) is 28.9 Å². The summed E-state index contributed by atoms with van der Waals surface area (Å²) in [6.07, 6.45) is 2.24. The molecule has 1 fully saturated rings. The zero-order valence-corrected chi connectivity index (χ0v) is 14.7. The number of rotatable bonds is 8. The standard InChI is InChI=1S/C14H16ClN5OS2/c15-10-1-5-12(6-2-10)22-8-7-16-13(21)9-23-14-17-18-19-20(14)11-3-4-11/h1-2,5-6,11H,3-4,7-9H2,(H,16,21). The van der Waals surface area contributed by atoms with Crippen LogP contribution in [0, 0.1) is 0 Å². The maximum Gasteiger partial charge on any atom is 0.230 e. The lowest BCUT2D eigenvalue weighted by molar-refractivity contribution is -0.118. The Morgan fingerprint density at radius 1 is 1.30 bits per heavy atom. The van der Waals surface area contributed by atoms with Gasteiger partial charge in [0.2, 0.25) is 11.1 Å². The van der Waals surface area contributed by atoms with Crippen LogP contribution in [0.5, 0.6) is 0 Å². The largest absolute Gasteiger partial charge is 0.355 e. The molecule has 9 heteroatoms. The first-order valence-electron chi connectivity index (χ1n) is 7.28. The number of hydrogen-bond acceptors (Lipinski definition) is 6. The van der Waals surface area contributed by atoms with Gasteiger partial charge in [-0.15, -0.1) is 16.9 Å². The number of hydrogen-bond donors (Lipinski definition) is 1. The molecule has 0 saturated heterocycles. The molecule has 2 aromatic rings. The molecule has 1 amide bonds. The number of nitrogens with one attached hydrogen (secondary N) is 1. The van der Waals surface area contributed by atoms with Crippen LogP contribution in [0.3, 0.4) is 0 Å². The van der Waals surface area contributed by atoms with Crippen molar-refractivity contribution < 1.29 is 4.79 Å². The first-order valence-corrected chi connectivity index (χ1v) is 9.63. The van der Waals surface area contributed by atoms with E-state index in [9.17, 15) is 4.79 Å². The van der Waals surface area contributed by atoms with Crippen LogP contribution in [0.2, 0.25) is 5.02 Å². The van der Waals surface area contributed by atoms with Crippen molar-refractivity contribution in [1.29, 1.82) is 0 Å². The van der Waals surface area contributed by atoms with Gasteiger partial charge in [-0.2, -0.15) is 0 Å². The van der Waals surface area contributed by atoms with E-state index >= 15 is 0 Å². The van der Waals surface area contributed by atoms with E-state index in [-0.39, 0.29) is 5.91 Å². The molecule has 3 rings (SSSR count). The molecule has 0 spiro atoms. The first-order chi connectivity index (χ1) is 11.2. The van der Waals surface area contributed by atoms with Crippen molar-refractivity contribution in [3.63, 3.8) is 0 Å². The minimum Gasteiger partial charge on any atom is -0.355 e. The van der Waals surface area contributed by atoms with Crippen LogP contribution in [-0.4, -0.2) is 44.2 Å². The van der Waals surface area contributed by atoms with Crippen LogP contribution < -0.4 is 5.32 Å². The molecule has 1 aliphatic rings. The topological polar surface area (TPSA) is 72.7 Å². The van der Waals surface area contributed by atoms with Gasteiger partial charge in [-0.1, -0.05) is 23.4 Å². The average Bonchev–Trinajstić information content (AvgIpc) is 3.29. The summed E-state index contributed by atoms with van der Waals surface area (Å²) in [6.45, 7) is 0.625. The summed E-state index contributed by atoms with van der Waals surface area (Å²) in [5.74, 6) is 1.15. The van der Waals surface area contributed by atoms with Crippen molar-refractivity contribution >= 4 is 41.0 Å². The molecule has 0 unspecified atom stereocenters. The summed E-state index contributed by atoms with van der Waals surface area (Å²) in [5, 5.41) is 16.0. The van der Waals surface area contributed by atoms with Gasteiger partial charge in [-0.05, 0) is 47.5 Å². The fourth-order valence-corrected chi connectivity index (χ4v) is 3.57. The molecule has 0 aliphatic heterocycles. The molecule has 122 valence electrons. The van der Waals surface area contributed by atoms with E-state index in [1.165, 1.54) is 11.8 Å². The van der Waals surface area contributed by atoms with Gasteiger partial charge in [0.1, 0.15) is 0 Å². The Hall–Kier alpha value is -1.25. The Morgan fingerprint density at radius 3 is 2.83 bits per heavy atom. The number of aromatic nitrogens is 4. The van der Waals surface area contributed by atoms with Gasteiger partial charge in [0.25, 0.3) is 0 Å². The van der Waals surface area contributed by atoms with Gasteiger partial charge in [-0.25, -0.2) is 4.68 Å². The van der Waals surface area contributed by atoms with Gasteiger partial charge in [0.15, 0.2) is 0 Å². The smallest absolute Gasteiger partial charge is 0.230 e. The summed E-state index contributed by atoms with van der Waals surface area (Å²) in [7, 11) is 0. The van der Waals surface area contributed by atoms with Crippen LogP contribution in [0.25, 0.3) is 0 Å². The molecule has 6 nitrogen and oxygen atoms in total. The minimum absolute atomic E-state index is 0.00273. The van der Waals surface area contributed by atoms with Crippen molar-refractivity contribution in [3.8, 4) is 0 Å². The molecule has 1 N–H and O–H groups in total. The second-order valence-electron chi connectivity index (χ2n) is 5.08. The van der Waals surface area contributed by atoms with Gasteiger partial charge in [-0.3, -0.25) is 4.79 Å². The third-order valence-electron chi connectivity index (χ3n) is 3.19. The number of thioether (sulfide) groups is 2. The number of amides is 1. The quantitative estimate of drug-likeness (QED) is 0.569. The molecule has 1 aliphatic carbocycles. The fourth-order valence-electron chi connectivity index (χ4n) is 1.90. The molecule has 1 saturated carbocycles. The molecule has 1 heterocycles. The number of tetrazole rings is 1. The molecular weight excluding hydrogens is 354 g/mol. The molecule has 1 aromatic heterocycles. The highest BCUT2D eigenvalue weighted by atomic mass is 35.5. The zero-order chi connectivity index (χ0) is 16.1. The average molecular weight is 370 g/mol. The Bertz CT molecular complexity index is 659. The second-order valence-corrected chi connectivity index (χ2v) is 7.63. The van der Waals surface area contributed by atoms with Crippen LogP contribution in [0.4, 0.5) is 0 Å². The van der Waals surface area contributed by atoms with E-state index < -0.39 is 0 Å². The third-order valence-corrected chi connectivity index (χ3v) is 5.39. The van der Waals surface area contributed by atoms with E-state index in [2.05, 4.69) is 20.8 Å². The van der Waals surface area contributed by atoms with Crippen molar-refractivity contribution in [2.75, 3.05) is 18.1 Å². The number of nitrogens with zero attached hydrogens (tertiary/aromatic N) is 4. The molecular formula is C14H16ClN5OS2. The summed E-state index contributed by atoms with van der Waals surface area (Å²) in [6, 6.07) is 8.10. The zero-order valence-electron chi connectivity index (χ0n) is 12.3. The number of halogens is 1. The Balaban J connectivity index is 1.33. The lowest BCUT2D eigenvalue weighted by atomic mass is 10.4. The van der Waals surface area contributed by atoms with E-state index in [4.69, 9.17) is 11.6 Å². The SMILES string of the molecule is O=C(CSc1nnnn1C1CC1)NCCSc1ccc(Cl)cc1. The van der Waals surface area contributed by atoms with Gasteiger partial charge >= 0.3 is 0 Å². The Kier molecular flexibility index (Phi) is 5.80. The maximum atomic E-state index is 11.9. The monoisotopic (exact) mass is 369 g/mol. The molecule has 0 radical (unpaired) electrons. The van der Waals surface area contributed by atoms with Gasteiger partial charge < -0.3 is 5.32 Å². The Morgan fingerprint density at radius 2 is 2.09 bits per heavy atom. The Labute approximate surface area is 147 Å². The molecule has 1 aromatic carbocycles. The third kappa shape index (κ3) is 5.12. The summed E-state index contributed by atoms with van der Waals surface area (Å²) in [4.78, 5) is 13.0. The van der Waals surface area contributed by atoms with E-state index in [0.717, 1.165) is 33.7 Å². The first kappa shape index (κ1) is 16.6. The van der Waals surface area contributed by atoms with Crippen molar-refractivity contribution in [2.24, 2.45) is 0 Å². The lowest BCUT2D eigenvalue weighted by Gasteiger charge is -2.05. The van der Waals surface area contributed by atoms with Crippen LogP contribution >= 0.6 is 35.1 Å². The van der Waals surface area contributed by atoms with Crippen LogP contribution in [0.15, 0.2) is 34.3 Å². The highest BCUT2D eigenvalue weighted by molar-refractivity contribution is 7.99. The highest BCUT2D eigenvalue weighted by Gasteiger charge is 2.28. The predicted octanol–water partition coefficient (Wildman–Crippen LogP) is 2.66. The van der Waals surface area contributed by atoms with Crippen molar-refractivity contribution in [2.45, 2.75) is 28.9 Å². The fraction of sp³-hybridized carbons (Fsp3) is 0.429. The highest BCUT2D eigenvalue weighted by Crippen LogP contribution is 2.36. The number of carbonyl (C=O) groups is 1. The summed E-state index contributed by atoms with van der Waals surface area (Å²) < 4.78 is 1.81. The maximum absolute atomic E-state index is 11.9. The predicted molar refractivity (Wildman–Crippen MR) is 92.0 cm³/mol. The summed E-state index contributed by atoms with van der Waals surface area (Å²) in [5.41, 5.74) is 0. The van der Waals surface area contributed by atoms with E-state index in [1.54, 1.807) is 11.8 Å². The van der Waals surface area contributed by atoms with Crippen molar-refractivity contribution in [1.82, 2.24) is 25.5 Å². The molecule has 23 heavy (non-hydrogen) atoms. The second kappa shape index (κ2) is 8.03. The lowest BCUT2D eigenvalue weighted by Crippen LogP contribution is -2.27. The van der Waals surface area contributed by atoms with Crippen LogP contribution in [-0.2, 0) is 4.79 Å². The molecule has 0 atom stereocenters. The number of benzene rings is 1. The van der Waals surface area contributed by atoms with Gasteiger partial charge in [0, 0.05) is 22.2 Å². The number of carbonyl (C=O) groups excluding carboxylic acids is 1.